The fraction of sp³-hybridized carbons (Fsp3) is 0.200. The molecule has 0 spiro atoms. The molecular formula is C5H9NO. The van der Waals surface area contributed by atoms with Crippen LogP contribution in [0.3, 0.4) is 0 Å². The van der Waals surface area contributed by atoms with Crippen LogP contribution in [-0.2, 0) is 0 Å². The van der Waals surface area contributed by atoms with Gasteiger partial charge in [-0.05, 0) is 13.0 Å². The Morgan fingerprint density at radius 2 is 2.29 bits per heavy atom. The zero-order valence-electron chi connectivity index (χ0n) is 4.26. The van der Waals surface area contributed by atoms with Crippen molar-refractivity contribution in [2.75, 3.05) is 0 Å². The van der Waals surface area contributed by atoms with Gasteiger partial charge in [0.15, 0.2) is 5.88 Å². The lowest BCUT2D eigenvalue weighted by Gasteiger charge is -1.79. The molecule has 0 aliphatic heterocycles. The van der Waals surface area contributed by atoms with Gasteiger partial charge in [0.25, 0.3) is 0 Å². The Labute approximate surface area is 43.0 Å². The largest absolute Gasteiger partial charge is 0.495 e. The van der Waals surface area contributed by atoms with Crippen molar-refractivity contribution in [1.29, 1.82) is 0 Å². The third-order valence-electron chi connectivity index (χ3n) is 0.459. The maximum absolute atomic E-state index is 8.27. The number of hydrogen-bond donors (Lipinski definition) is 2. The molecule has 0 heterocycles. The summed E-state index contributed by atoms with van der Waals surface area (Å²) >= 11 is 0. The Morgan fingerprint density at radius 1 is 1.71 bits per heavy atom. The summed E-state index contributed by atoms with van der Waals surface area (Å²) in [6.45, 7) is 1.85. The van der Waals surface area contributed by atoms with Gasteiger partial charge in [0.2, 0.25) is 0 Å². The highest BCUT2D eigenvalue weighted by molar-refractivity contribution is 5.02. The van der Waals surface area contributed by atoms with E-state index in [2.05, 4.69) is 0 Å². The molecular weight excluding hydrogens is 90.1 g/mol. The maximum Gasteiger partial charge on any atom is 0.181 e. The lowest BCUT2D eigenvalue weighted by atomic mass is 10.5. The van der Waals surface area contributed by atoms with Crippen LogP contribution < -0.4 is 5.73 Å². The van der Waals surface area contributed by atoms with Crippen molar-refractivity contribution in [3.05, 3.63) is 24.1 Å². The van der Waals surface area contributed by atoms with Gasteiger partial charge >= 0.3 is 0 Å². The molecule has 0 fully saturated rings. The summed E-state index contributed by atoms with van der Waals surface area (Å²) in [5, 5.41) is 8.27. The van der Waals surface area contributed by atoms with Crippen LogP contribution in [0.2, 0.25) is 0 Å². The van der Waals surface area contributed by atoms with Crippen LogP contribution in [0.5, 0.6) is 0 Å². The Balaban J connectivity index is 3.46. The number of hydrogen-bond acceptors (Lipinski definition) is 2. The molecule has 0 aliphatic rings. The lowest BCUT2D eigenvalue weighted by molar-refractivity contribution is 0.406. The molecule has 2 heteroatoms. The minimum absolute atomic E-state index is 0.155. The van der Waals surface area contributed by atoms with Crippen LogP contribution in [0.25, 0.3) is 0 Å². The van der Waals surface area contributed by atoms with Crippen LogP contribution in [-0.4, -0.2) is 5.11 Å². The smallest absolute Gasteiger partial charge is 0.181 e. The molecule has 0 bridgehead atoms. The van der Waals surface area contributed by atoms with E-state index < -0.39 is 0 Å². The van der Waals surface area contributed by atoms with Gasteiger partial charge in [-0.1, -0.05) is 12.2 Å². The van der Waals surface area contributed by atoms with Gasteiger partial charge in [-0.15, -0.1) is 0 Å². The summed E-state index contributed by atoms with van der Waals surface area (Å²) in [6.07, 6.45) is 4.86. The summed E-state index contributed by atoms with van der Waals surface area (Å²) in [4.78, 5) is 0. The number of allylic oxidation sites excluding steroid dienone is 3. The lowest BCUT2D eigenvalue weighted by Crippen LogP contribution is -1.91. The number of rotatable bonds is 1. The Morgan fingerprint density at radius 3 is 2.43 bits per heavy atom. The van der Waals surface area contributed by atoms with Crippen LogP contribution in [0.15, 0.2) is 24.1 Å². The second kappa shape index (κ2) is 3.28. The van der Waals surface area contributed by atoms with Crippen molar-refractivity contribution < 1.29 is 5.11 Å². The molecule has 0 radical (unpaired) electrons. The molecule has 0 aromatic heterocycles. The summed E-state index contributed by atoms with van der Waals surface area (Å²) in [5.74, 6) is -0.155. The molecule has 7 heavy (non-hydrogen) atoms. The first-order chi connectivity index (χ1) is 3.27. The van der Waals surface area contributed by atoms with Crippen LogP contribution in [0, 0.1) is 0 Å². The summed E-state index contributed by atoms with van der Waals surface area (Å²) in [6, 6.07) is 0. The normalized spacial score (nSPS) is 13.0. The van der Waals surface area contributed by atoms with Crippen molar-refractivity contribution in [2.45, 2.75) is 6.92 Å². The molecule has 0 aromatic rings. The highest BCUT2D eigenvalue weighted by Gasteiger charge is 1.68. The quantitative estimate of drug-likeness (QED) is 0.379. The van der Waals surface area contributed by atoms with Gasteiger partial charge in [0.05, 0.1) is 0 Å². The van der Waals surface area contributed by atoms with Crippen LogP contribution in [0.1, 0.15) is 6.92 Å². The van der Waals surface area contributed by atoms with Crippen molar-refractivity contribution in [1.82, 2.24) is 0 Å². The topological polar surface area (TPSA) is 46.2 Å². The molecule has 0 amide bonds. The first kappa shape index (κ1) is 6.08. The Bertz CT molecular complexity index is 90.3. The van der Waals surface area contributed by atoms with E-state index in [0.29, 0.717) is 0 Å². The molecule has 0 atom stereocenters. The minimum Gasteiger partial charge on any atom is -0.495 e. The van der Waals surface area contributed by atoms with E-state index in [9.17, 15) is 0 Å². The monoisotopic (exact) mass is 99.1 g/mol. The van der Waals surface area contributed by atoms with Gasteiger partial charge in [0.1, 0.15) is 0 Å². The van der Waals surface area contributed by atoms with E-state index >= 15 is 0 Å². The van der Waals surface area contributed by atoms with E-state index in [4.69, 9.17) is 10.8 Å². The van der Waals surface area contributed by atoms with Crippen LogP contribution >= 0.6 is 0 Å². The van der Waals surface area contributed by atoms with E-state index in [1.165, 1.54) is 6.08 Å². The zero-order valence-corrected chi connectivity index (χ0v) is 4.26. The van der Waals surface area contributed by atoms with E-state index in [0.717, 1.165) is 0 Å². The molecule has 0 saturated carbocycles. The summed E-state index contributed by atoms with van der Waals surface area (Å²) in [5.41, 5.74) is 4.84. The second-order valence-electron chi connectivity index (χ2n) is 1.12. The molecule has 0 unspecified atom stereocenters. The molecule has 40 valence electrons. The predicted molar refractivity (Wildman–Crippen MR) is 29.7 cm³/mol. The summed E-state index contributed by atoms with van der Waals surface area (Å²) < 4.78 is 0. The van der Waals surface area contributed by atoms with Gasteiger partial charge < -0.3 is 10.8 Å². The van der Waals surface area contributed by atoms with E-state index in [-0.39, 0.29) is 5.88 Å². The third kappa shape index (κ3) is 5.08. The van der Waals surface area contributed by atoms with Gasteiger partial charge in [-0.3, -0.25) is 0 Å². The van der Waals surface area contributed by atoms with Crippen molar-refractivity contribution in [3.63, 3.8) is 0 Å². The van der Waals surface area contributed by atoms with Crippen molar-refractivity contribution in [2.24, 2.45) is 5.73 Å². The van der Waals surface area contributed by atoms with Gasteiger partial charge in [-0.25, -0.2) is 0 Å². The van der Waals surface area contributed by atoms with Gasteiger partial charge in [0, 0.05) is 0 Å². The fourth-order valence-corrected chi connectivity index (χ4v) is 0.195. The highest BCUT2D eigenvalue weighted by atomic mass is 16.3. The van der Waals surface area contributed by atoms with E-state index in [1.54, 1.807) is 12.2 Å². The molecule has 0 saturated heterocycles. The highest BCUT2D eigenvalue weighted by Crippen LogP contribution is 1.75. The van der Waals surface area contributed by atoms with Crippen molar-refractivity contribution in [3.8, 4) is 0 Å². The number of nitrogens with two attached hydrogens (primary N) is 1. The maximum atomic E-state index is 8.27. The minimum atomic E-state index is -0.155. The fourth-order valence-electron chi connectivity index (χ4n) is 0.195. The first-order valence-corrected chi connectivity index (χ1v) is 2.04. The number of aliphatic hydroxyl groups is 1. The van der Waals surface area contributed by atoms with E-state index in [1.807, 2.05) is 6.92 Å². The second-order valence-corrected chi connectivity index (χ2v) is 1.12. The molecule has 0 rings (SSSR count). The first-order valence-electron chi connectivity index (χ1n) is 2.04. The SMILES string of the molecule is C/C=C\C=C(\N)O. The standard InChI is InChI=1S/C5H9NO/c1-2-3-4-5(6)7/h2-4,7H,6H2,1H3/b3-2-,5-4-. The van der Waals surface area contributed by atoms with Gasteiger partial charge in [-0.2, -0.15) is 0 Å². The van der Waals surface area contributed by atoms with Crippen molar-refractivity contribution >= 4 is 0 Å². The molecule has 2 nitrogen and oxygen atoms in total. The average Bonchev–Trinajstić information content (AvgIpc) is 1.61. The average molecular weight is 99.1 g/mol. The Hall–Kier alpha value is -0.920. The Kier molecular flexibility index (Phi) is 2.85. The molecule has 0 aliphatic carbocycles. The summed E-state index contributed by atoms with van der Waals surface area (Å²) in [7, 11) is 0. The molecule has 3 N–H and O–H groups in total. The zero-order chi connectivity index (χ0) is 5.70. The third-order valence-corrected chi connectivity index (χ3v) is 0.459. The number of aliphatic hydroxyl groups excluding tert-OH is 1. The molecule has 0 aromatic carbocycles. The predicted octanol–water partition coefficient (Wildman–Crippen LogP) is 0.921. The van der Waals surface area contributed by atoms with Crippen LogP contribution in [0.4, 0.5) is 0 Å².